The Morgan fingerprint density at radius 2 is 1.83 bits per heavy atom. The molecule has 154 valence electrons. The summed E-state index contributed by atoms with van der Waals surface area (Å²) in [5, 5.41) is 23.9. The normalized spacial score (nSPS) is 17.9. The van der Waals surface area contributed by atoms with Gasteiger partial charge in [0.05, 0.1) is 16.2 Å². The first-order valence-corrected chi connectivity index (χ1v) is 11.1. The maximum absolute atomic E-state index is 13.0. The molecule has 1 aliphatic heterocycles. The lowest BCUT2D eigenvalue weighted by molar-refractivity contribution is -0.384. The number of nitro groups is 1. The molecular weight excluding hydrogens is 390 g/mol. The van der Waals surface area contributed by atoms with Crippen LogP contribution in [0.5, 0.6) is 0 Å². The van der Waals surface area contributed by atoms with E-state index in [4.69, 9.17) is 0 Å². The number of nitrogens with zero attached hydrogens (tertiary/aromatic N) is 4. The van der Waals surface area contributed by atoms with Crippen LogP contribution in [0, 0.1) is 10.1 Å². The van der Waals surface area contributed by atoms with Gasteiger partial charge in [0.25, 0.3) is 11.6 Å². The van der Waals surface area contributed by atoms with Gasteiger partial charge in [-0.05, 0) is 38.2 Å². The van der Waals surface area contributed by atoms with Gasteiger partial charge >= 0.3 is 0 Å². The molecule has 1 amide bonds. The first-order valence-electron chi connectivity index (χ1n) is 10.3. The first kappa shape index (κ1) is 19.8. The average Bonchev–Trinajstić information content (AvgIpc) is 3.23. The molecule has 1 saturated carbocycles. The van der Waals surface area contributed by atoms with Crippen molar-refractivity contribution in [1.29, 1.82) is 0 Å². The number of carbonyl (C=O) groups excluding carboxylic acids is 1. The monoisotopic (exact) mass is 415 g/mol. The predicted molar refractivity (Wildman–Crippen MR) is 113 cm³/mol. The molecule has 0 radical (unpaired) electrons. The number of nitro benzene ring substituents is 1. The number of carbonyl (C=O) groups is 1. The number of hydrogen-bond acceptors (Lipinski definition) is 7. The maximum atomic E-state index is 13.0. The minimum atomic E-state index is -0.469. The van der Waals surface area contributed by atoms with Crippen molar-refractivity contribution in [2.45, 2.75) is 57.3 Å². The van der Waals surface area contributed by atoms with E-state index < -0.39 is 4.92 Å². The van der Waals surface area contributed by atoms with Gasteiger partial charge in [0.15, 0.2) is 0 Å². The SMILES string of the molecule is O=C(Nc1nnc(C2CCCCC2)s1)c1cc([N+](=O)[O-])ccc1N1CCCCC1. The van der Waals surface area contributed by atoms with E-state index >= 15 is 0 Å². The second-order valence-electron chi connectivity index (χ2n) is 7.74. The lowest BCUT2D eigenvalue weighted by atomic mass is 9.90. The van der Waals surface area contributed by atoms with Crippen molar-refractivity contribution in [3.8, 4) is 0 Å². The van der Waals surface area contributed by atoms with E-state index in [9.17, 15) is 14.9 Å². The van der Waals surface area contributed by atoms with Gasteiger partial charge in [-0.25, -0.2) is 0 Å². The molecule has 2 aromatic rings. The topological polar surface area (TPSA) is 101 Å². The molecule has 4 rings (SSSR count). The number of amides is 1. The molecule has 2 aliphatic rings. The van der Waals surface area contributed by atoms with Crippen LogP contribution in [0.4, 0.5) is 16.5 Å². The summed E-state index contributed by atoms with van der Waals surface area (Å²) in [6.45, 7) is 1.70. The molecule has 0 bridgehead atoms. The Morgan fingerprint density at radius 1 is 1.10 bits per heavy atom. The molecule has 1 aliphatic carbocycles. The third kappa shape index (κ3) is 4.55. The van der Waals surface area contributed by atoms with Gasteiger partial charge in [-0.1, -0.05) is 30.6 Å². The summed E-state index contributed by atoms with van der Waals surface area (Å²) in [4.78, 5) is 25.9. The van der Waals surface area contributed by atoms with Crippen LogP contribution in [0.1, 0.15) is 72.7 Å². The van der Waals surface area contributed by atoms with Gasteiger partial charge < -0.3 is 4.90 Å². The van der Waals surface area contributed by atoms with Gasteiger partial charge in [-0.3, -0.25) is 20.2 Å². The summed E-state index contributed by atoms with van der Waals surface area (Å²) >= 11 is 1.41. The van der Waals surface area contributed by atoms with E-state index in [2.05, 4.69) is 20.4 Å². The lowest BCUT2D eigenvalue weighted by Gasteiger charge is -2.30. The smallest absolute Gasteiger partial charge is 0.270 e. The molecule has 0 atom stereocenters. The number of nitrogens with one attached hydrogen (secondary N) is 1. The Bertz CT molecular complexity index is 888. The maximum Gasteiger partial charge on any atom is 0.270 e. The van der Waals surface area contributed by atoms with Crippen LogP contribution in [0.15, 0.2) is 18.2 Å². The van der Waals surface area contributed by atoms with Gasteiger partial charge in [0.1, 0.15) is 5.01 Å². The number of aromatic nitrogens is 2. The first-order chi connectivity index (χ1) is 14.1. The van der Waals surface area contributed by atoms with Crippen LogP contribution in [-0.2, 0) is 0 Å². The van der Waals surface area contributed by atoms with E-state index in [0.29, 0.717) is 16.6 Å². The summed E-state index contributed by atoms with van der Waals surface area (Å²) in [6, 6.07) is 4.52. The van der Waals surface area contributed by atoms with Crippen molar-refractivity contribution in [2.75, 3.05) is 23.3 Å². The fourth-order valence-electron chi connectivity index (χ4n) is 4.19. The van der Waals surface area contributed by atoms with Gasteiger partial charge in [0.2, 0.25) is 5.13 Å². The molecule has 2 heterocycles. The van der Waals surface area contributed by atoms with Crippen molar-refractivity contribution >= 4 is 33.8 Å². The third-order valence-corrected chi connectivity index (χ3v) is 6.75. The zero-order valence-electron chi connectivity index (χ0n) is 16.3. The lowest BCUT2D eigenvalue weighted by Crippen LogP contribution is -2.31. The van der Waals surface area contributed by atoms with Crippen LogP contribution in [0.2, 0.25) is 0 Å². The van der Waals surface area contributed by atoms with E-state index in [1.54, 1.807) is 6.07 Å². The molecule has 1 N–H and O–H groups in total. The summed E-state index contributed by atoms with van der Waals surface area (Å²) in [5.41, 5.74) is 0.969. The highest BCUT2D eigenvalue weighted by molar-refractivity contribution is 7.15. The number of rotatable bonds is 5. The number of piperidine rings is 1. The van der Waals surface area contributed by atoms with E-state index in [1.807, 2.05) is 0 Å². The second-order valence-corrected chi connectivity index (χ2v) is 8.75. The van der Waals surface area contributed by atoms with Gasteiger partial charge in [0, 0.05) is 31.1 Å². The van der Waals surface area contributed by atoms with E-state index in [1.165, 1.54) is 49.2 Å². The Labute approximate surface area is 173 Å². The van der Waals surface area contributed by atoms with Crippen molar-refractivity contribution in [3.63, 3.8) is 0 Å². The van der Waals surface area contributed by atoms with Gasteiger partial charge in [-0.2, -0.15) is 0 Å². The molecule has 0 spiro atoms. The van der Waals surface area contributed by atoms with E-state index in [-0.39, 0.29) is 11.6 Å². The summed E-state index contributed by atoms with van der Waals surface area (Å²) in [7, 11) is 0. The van der Waals surface area contributed by atoms with Crippen LogP contribution < -0.4 is 10.2 Å². The minimum absolute atomic E-state index is 0.0870. The summed E-state index contributed by atoms with van der Waals surface area (Å²) in [5.74, 6) is 0.0502. The summed E-state index contributed by atoms with van der Waals surface area (Å²) in [6.07, 6.45) is 9.19. The van der Waals surface area contributed by atoms with Crippen LogP contribution in [0.25, 0.3) is 0 Å². The molecule has 1 aromatic carbocycles. The Balaban J connectivity index is 1.56. The number of benzene rings is 1. The molecule has 29 heavy (non-hydrogen) atoms. The third-order valence-electron chi connectivity index (χ3n) is 5.75. The Morgan fingerprint density at radius 3 is 2.55 bits per heavy atom. The quantitative estimate of drug-likeness (QED) is 0.559. The second kappa shape index (κ2) is 8.86. The molecule has 1 aromatic heterocycles. The number of hydrogen-bond donors (Lipinski definition) is 1. The zero-order valence-corrected chi connectivity index (χ0v) is 17.1. The molecule has 8 nitrogen and oxygen atoms in total. The van der Waals surface area contributed by atoms with E-state index in [0.717, 1.165) is 49.5 Å². The fourth-order valence-corrected chi connectivity index (χ4v) is 5.10. The van der Waals surface area contributed by atoms with Crippen molar-refractivity contribution in [3.05, 3.63) is 38.9 Å². The van der Waals surface area contributed by atoms with Gasteiger partial charge in [-0.15, -0.1) is 10.2 Å². The van der Waals surface area contributed by atoms with Crippen LogP contribution in [-0.4, -0.2) is 34.1 Å². The molecule has 1 saturated heterocycles. The largest absolute Gasteiger partial charge is 0.371 e. The van der Waals surface area contributed by atoms with Crippen molar-refractivity contribution < 1.29 is 9.72 Å². The average molecular weight is 416 g/mol. The van der Waals surface area contributed by atoms with Crippen LogP contribution in [0.3, 0.4) is 0 Å². The zero-order chi connectivity index (χ0) is 20.2. The molecular formula is C20H25N5O3S. The standard InChI is InChI=1S/C20H25N5O3S/c26-18(21-20-23-22-19(29-20)14-7-3-1-4-8-14)16-13-15(25(27)28)9-10-17(16)24-11-5-2-6-12-24/h9-10,13-14H,1-8,11-12H2,(H,21,23,26). The minimum Gasteiger partial charge on any atom is -0.371 e. The molecule has 2 fully saturated rings. The van der Waals surface area contributed by atoms with Crippen molar-refractivity contribution in [1.82, 2.24) is 10.2 Å². The van der Waals surface area contributed by atoms with Crippen molar-refractivity contribution in [2.24, 2.45) is 0 Å². The summed E-state index contributed by atoms with van der Waals surface area (Å²) < 4.78 is 0. The highest BCUT2D eigenvalue weighted by atomic mass is 32.1. The van der Waals surface area contributed by atoms with Crippen LogP contribution >= 0.6 is 11.3 Å². The molecule has 0 unspecified atom stereocenters. The molecule has 9 heteroatoms. The number of anilines is 2. The Kier molecular flexibility index (Phi) is 6.03. The predicted octanol–water partition coefficient (Wildman–Crippen LogP) is 4.74. The number of non-ortho nitro benzene ring substituents is 1. The highest BCUT2D eigenvalue weighted by Gasteiger charge is 2.24. The highest BCUT2D eigenvalue weighted by Crippen LogP contribution is 2.35. The fraction of sp³-hybridized carbons (Fsp3) is 0.550. The Hall–Kier alpha value is -2.55.